The van der Waals surface area contributed by atoms with Crippen LogP contribution in [0.4, 0.5) is 0 Å². The van der Waals surface area contributed by atoms with E-state index in [2.05, 4.69) is 5.32 Å². The van der Waals surface area contributed by atoms with Crippen LogP contribution in [0, 0.1) is 6.92 Å². The monoisotopic (exact) mass is 306 g/mol. The van der Waals surface area contributed by atoms with Crippen LogP contribution in [0.3, 0.4) is 0 Å². The molecule has 0 aromatic heterocycles. The number of imide groups is 1. The first kappa shape index (κ1) is 15.6. The lowest BCUT2D eigenvalue weighted by atomic mass is 10.1. The van der Waals surface area contributed by atoms with Gasteiger partial charge in [-0.25, -0.2) is 0 Å². The molecule has 112 valence electrons. The average Bonchev–Trinajstić information content (AvgIpc) is 2.45. The van der Waals surface area contributed by atoms with Gasteiger partial charge in [-0.3, -0.25) is 19.7 Å². The Labute approximate surface area is 128 Å². The van der Waals surface area contributed by atoms with Gasteiger partial charge in [-0.2, -0.15) is 0 Å². The fraction of sp³-hybridized carbons (Fsp3) is 0.400. The Balaban J connectivity index is 1.99. The largest absolute Gasteiger partial charge is 0.321 e. The number of carbonyl (C=O) groups is 3. The molecular weight excluding hydrogens is 288 g/mol. The maximum Gasteiger partial charge on any atom is 0.249 e. The number of hydrogen-bond acceptors (Lipinski definition) is 4. The van der Waals surface area contributed by atoms with Crippen LogP contribution in [0.25, 0.3) is 0 Å². The third-order valence-electron chi connectivity index (χ3n) is 3.35. The van der Waals surface area contributed by atoms with Crippen molar-refractivity contribution in [1.82, 2.24) is 10.2 Å². The Bertz CT molecular complexity index is 557. The van der Waals surface area contributed by atoms with Crippen molar-refractivity contribution in [3.8, 4) is 0 Å². The molecule has 1 aliphatic heterocycles. The van der Waals surface area contributed by atoms with E-state index >= 15 is 0 Å². The summed E-state index contributed by atoms with van der Waals surface area (Å²) in [6.45, 7) is 3.79. The Kier molecular flexibility index (Phi) is 5.01. The zero-order valence-corrected chi connectivity index (χ0v) is 12.9. The Morgan fingerprint density at radius 2 is 2.00 bits per heavy atom. The van der Waals surface area contributed by atoms with Gasteiger partial charge in [0, 0.05) is 4.90 Å². The van der Waals surface area contributed by atoms with E-state index in [1.54, 1.807) is 0 Å². The van der Waals surface area contributed by atoms with E-state index in [0.29, 0.717) is 6.42 Å². The van der Waals surface area contributed by atoms with Crippen LogP contribution in [0.15, 0.2) is 29.2 Å². The average molecular weight is 306 g/mol. The minimum atomic E-state index is -0.547. The minimum absolute atomic E-state index is 0.0441. The van der Waals surface area contributed by atoms with E-state index < -0.39 is 11.9 Å². The van der Waals surface area contributed by atoms with Crippen molar-refractivity contribution >= 4 is 29.5 Å². The summed E-state index contributed by atoms with van der Waals surface area (Å²) >= 11 is 1.41. The summed E-state index contributed by atoms with van der Waals surface area (Å²) in [4.78, 5) is 37.8. The van der Waals surface area contributed by atoms with Crippen LogP contribution in [0.2, 0.25) is 0 Å². The number of aryl methyl sites for hydroxylation is 1. The number of piperazine rings is 1. The number of nitrogens with one attached hydrogen (secondary N) is 1. The number of amides is 3. The molecule has 21 heavy (non-hydrogen) atoms. The van der Waals surface area contributed by atoms with E-state index in [4.69, 9.17) is 0 Å². The van der Waals surface area contributed by atoms with Crippen molar-refractivity contribution in [2.45, 2.75) is 31.2 Å². The summed E-state index contributed by atoms with van der Waals surface area (Å²) < 4.78 is 0. The molecule has 1 aliphatic rings. The number of nitrogens with zero attached hydrogens (tertiary/aromatic N) is 1. The molecule has 0 bridgehead atoms. The van der Waals surface area contributed by atoms with Gasteiger partial charge in [0.25, 0.3) is 0 Å². The van der Waals surface area contributed by atoms with E-state index in [9.17, 15) is 14.4 Å². The molecule has 1 fully saturated rings. The van der Waals surface area contributed by atoms with Crippen LogP contribution in [-0.2, 0) is 14.4 Å². The van der Waals surface area contributed by atoms with Crippen LogP contribution in [0.5, 0.6) is 0 Å². The van der Waals surface area contributed by atoms with Gasteiger partial charge in [-0.15, -0.1) is 11.8 Å². The summed E-state index contributed by atoms with van der Waals surface area (Å²) in [6.07, 6.45) is 0.500. The van der Waals surface area contributed by atoms with Gasteiger partial charge in [0.2, 0.25) is 17.7 Å². The molecule has 0 aliphatic carbocycles. The molecule has 1 heterocycles. The summed E-state index contributed by atoms with van der Waals surface area (Å²) in [5.41, 5.74) is 1.16. The van der Waals surface area contributed by atoms with Crippen LogP contribution in [0.1, 0.15) is 18.9 Å². The summed E-state index contributed by atoms with van der Waals surface area (Å²) in [6, 6.07) is 7.34. The SMILES string of the molecule is CCC1C(=O)NC(=O)CN1C(=O)CSc1ccc(C)cc1. The predicted molar refractivity (Wildman–Crippen MR) is 80.8 cm³/mol. The van der Waals surface area contributed by atoms with Gasteiger partial charge in [0.1, 0.15) is 12.6 Å². The molecular formula is C15H18N2O3S. The van der Waals surface area contributed by atoms with Crippen molar-refractivity contribution in [2.75, 3.05) is 12.3 Å². The second-order valence-electron chi connectivity index (χ2n) is 4.96. The van der Waals surface area contributed by atoms with Crippen molar-refractivity contribution in [3.63, 3.8) is 0 Å². The third kappa shape index (κ3) is 3.85. The van der Waals surface area contributed by atoms with Gasteiger partial charge in [-0.05, 0) is 25.5 Å². The first-order chi connectivity index (χ1) is 10.0. The van der Waals surface area contributed by atoms with Gasteiger partial charge in [-0.1, -0.05) is 24.6 Å². The zero-order chi connectivity index (χ0) is 15.4. The highest BCUT2D eigenvalue weighted by molar-refractivity contribution is 8.00. The standard InChI is InChI=1S/C15H18N2O3S/c1-3-12-15(20)16-13(18)8-17(12)14(19)9-21-11-6-4-10(2)5-7-11/h4-7,12H,3,8-9H2,1-2H3,(H,16,18,20). The van der Waals surface area contributed by atoms with Gasteiger partial charge in [0.05, 0.1) is 5.75 Å². The summed E-state index contributed by atoms with van der Waals surface area (Å²) in [7, 11) is 0. The van der Waals surface area contributed by atoms with Gasteiger partial charge in [0.15, 0.2) is 0 Å². The van der Waals surface area contributed by atoms with Crippen molar-refractivity contribution in [3.05, 3.63) is 29.8 Å². The highest BCUT2D eigenvalue weighted by Gasteiger charge is 2.35. The second kappa shape index (κ2) is 6.76. The van der Waals surface area contributed by atoms with Crippen LogP contribution < -0.4 is 5.32 Å². The highest BCUT2D eigenvalue weighted by atomic mass is 32.2. The normalized spacial score (nSPS) is 18.6. The molecule has 1 unspecified atom stereocenters. The number of benzene rings is 1. The van der Waals surface area contributed by atoms with E-state index in [-0.39, 0.29) is 24.1 Å². The molecule has 0 saturated carbocycles. The second-order valence-corrected chi connectivity index (χ2v) is 6.01. The van der Waals surface area contributed by atoms with Crippen molar-refractivity contribution in [1.29, 1.82) is 0 Å². The topological polar surface area (TPSA) is 66.5 Å². The molecule has 0 spiro atoms. The Morgan fingerprint density at radius 1 is 1.33 bits per heavy atom. The van der Waals surface area contributed by atoms with E-state index in [0.717, 1.165) is 10.5 Å². The fourth-order valence-corrected chi connectivity index (χ4v) is 2.98. The quantitative estimate of drug-likeness (QED) is 0.673. The molecule has 3 amide bonds. The minimum Gasteiger partial charge on any atom is -0.321 e. The van der Waals surface area contributed by atoms with Crippen LogP contribution in [-0.4, -0.2) is 41.0 Å². The van der Waals surface area contributed by atoms with Gasteiger partial charge < -0.3 is 4.90 Å². The molecule has 6 heteroatoms. The smallest absolute Gasteiger partial charge is 0.249 e. The third-order valence-corrected chi connectivity index (χ3v) is 4.34. The molecule has 0 radical (unpaired) electrons. The lowest BCUT2D eigenvalue weighted by Crippen LogP contribution is -2.59. The molecule has 1 atom stereocenters. The summed E-state index contributed by atoms with van der Waals surface area (Å²) in [5, 5.41) is 2.27. The summed E-state index contributed by atoms with van der Waals surface area (Å²) in [5.74, 6) is -0.767. The predicted octanol–water partition coefficient (Wildman–Crippen LogP) is 1.35. The number of thioether (sulfide) groups is 1. The van der Waals surface area contributed by atoms with Crippen molar-refractivity contribution < 1.29 is 14.4 Å². The van der Waals surface area contributed by atoms with Crippen molar-refractivity contribution in [2.24, 2.45) is 0 Å². The molecule has 1 N–H and O–H groups in total. The Hall–Kier alpha value is -1.82. The van der Waals surface area contributed by atoms with Gasteiger partial charge >= 0.3 is 0 Å². The maximum absolute atomic E-state index is 12.3. The molecule has 1 saturated heterocycles. The molecule has 1 aromatic carbocycles. The molecule has 2 rings (SSSR count). The Morgan fingerprint density at radius 3 is 2.62 bits per heavy atom. The first-order valence-electron chi connectivity index (χ1n) is 6.84. The number of hydrogen-bond donors (Lipinski definition) is 1. The number of rotatable bonds is 4. The zero-order valence-electron chi connectivity index (χ0n) is 12.1. The van der Waals surface area contributed by atoms with Crippen LogP contribution >= 0.6 is 11.8 Å². The number of carbonyl (C=O) groups excluding carboxylic acids is 3. The van der Waals surface area contributed by atoms with E-state index in [1.165, 1.54) is 16.7 Å². The molecule has 1 aromatic rings. The lowest BCUT2D eigenvalue weighted by molar-refractivity contribution is -0.148. The molecule has 5 nitrogen and oxygen atoms in total. The fourth-order valence-electron chi connectivity index (χ4n) is 2.20. The first-order valence-corrected chi connectivity index (χ1v) is 7.82. The highest BCUT2D eigenvalue weighted by Crippen LogP contribution is 2.20. The maximum atomic E-state index is 12.3. The van der Waals surface area contributed by atoms with E-state index in [1.807, 2.05) is 38.1 Å². The lowest BCUT2D eigenvalue weighted by Gasteiger charge is -2.33.